The van der Waals surface area contributed by atoms with Crippen LogP contribution >= 0.6 is 0 Å². The molecule has 4 rings (SSSR count). The molecule has 4 fully saturated rings. The summed E-state index contributed by atoms with van der Waals surface area (Å²) in [7, 11) is 0. The van der Waals surface area contributed by atoms with Crippen molar-refractivity contribution in [2.24, 2.45) is 29.6 Å². The van der Waals surface area contributed by atoms with Gasteiger partial charge in [-0.05, 0) is 62.2 Å². The highest BCUT2D eigenvalue weighted by molar-refractivity contribution is 5.80. The molecule has 0 aromatic carbocycles. The molecule has 4 saturated carbocycles. The SMILES string of the molecule is CCC(C#N)NC(=O)C1C2CC3CC(C2)CC1C3. The predicted octanol–water partition coefficient (Wildman–Crippen LogP) is 2.48. The Morgan fingerprint density at radius 1 is 1.22 bits per heavy atom. The maximum atomic E-state index is 12.4. The van der Waals surface area contributed by atoms with Gasteiger partial charge in [0.25, 0.3) is 0 Å². The van der Waals surface area contributed by atoms with E-state index in [4.69, 9.17) is 5.26 Å². The molecule has 4 aliphatic carbocycles. The van der Waals surface area contributed by atoms with Crippen LogP contribution in [-0.4, -0.2) is 11.9 Å². The Balaban J connectivity index is 1.69. The zero-order valence-corrected chi connectivity index (χ0v) is 11.1. The van der Waals surface area contributed by atoms with Crippen LogP contribution in [0.3, 0.4) is 0 Å². The van der Waals surface area contributed by atoms with E-state index in [0.717, 1.165) is 11.8 Å². The Morgan fingerprint density at radius 2 is 1.78 bits per heavy atom. The van der Waals surface area contributed by atoms with Crippen molar-refractivity contribution in [3.8, 4) is 6.07 Å². The molecule has 1 atom stereocenters. The van der Waals surface area contributed by atoms with Gasteiger partial charge < -0.3 is 5.32 Å². The molecule has 98 valence electrons. The van der Waals surface area contributed by atoms with Gasteiger partial charge in [-0.1, -0.05) is 6.92 Å². The fourth-order valence-corrected chi connectivity index (χ4v) is 4.85. The predicted molar refractivity (Wildman–Crippen MR) is 68.4 cm³/mol. The number of hydrogen-bond donors (Lipinski definition) is 1. The van der Waals surface area contributed by atoms with Gasteiger partial charge in [0, 0.05) is 5.92 Å². The van der Waals surface area contributed by atoms with Crippen LogP contribution in [0.2, 0.25) is 0 Å². The number of amides is 1. The summed E-state index contributed by atoms with van der Waals surface area (Å²) in [6.07, 6.45) is 7.15. The molecular formula is C15H22N2O. The summed E-state index contributed by atoms with van der Waals surface area (Å²) in [6, 6.07) is 1.88. The quantitative estimate of drug-likeness (QED) is 0.831. The fraction of sp³-hybridized carbons (Fsp3) is 0.867. The van der Waals surface area contributed by atoms with E-state index in [-0.39, 0.29) is 17.9 Å². The van der Waals surface area contributed by atoms with Gasteiger partial charge in [0.2, 0.25) is 5.91 Å². The third-order valence-corrected chi connectivity index (χ3v) is 5.41. The molecule has 3 nitrogen and oxygen atoms in total. The highest BCUT2D eigenvalue weighted by atomic mass is 16.2. The molecule has 0 heterocycles. The molecule has 18 heavy (non-hydrogen) atoms. The third-order valence-electron chi connectivity index (χ3n) is 5.41. The third kappa shape index (κ3) is 1.92. The van der Waals surface area contributed by atoms with Crippen LogP contribution in [0.25, 0.3) is 0 Å². The zero-order valence-electron chi connectivity index (χ0n) is 11.1. The number of nitrogens with zero attached hydrogens (tertiary/aromatic N) is 1. The first-order chi connectivity index (χ1) is 8.71. The molecule has 0 saturated heterocycles. The normalized spacial score (nSPS) is 42.3. The Kier molecular flexibility index (Phi) is 3.05. The highest BCUT2D eigenvalue weighted by Gasteiger charge is 2.50. The number of carbonyl (C=O) groups is 1. The maximum Gasteiger partial charge on any atom is 0.224 e. The second kappa shape index (κ2) is 4.57. The van der Waals surface area contributed by atoms with Gasteiger partial charge in [0.05, 0.1) is 6.07 Å². The van der Waals surface area contributed by atoms with Crippen molar-refractivity contribution >= 4 is 5.91 Å². The molecule has 3 heteroatoms. The standard InChI is InChI=1S/C15H22N2O/c1-2-13(8-16)17-15(18)14-11-4-9-3-10(6-11)7-12(14)5-9/h9-14H,2-7H2,1H3,(H,17,18). The maximum absolute atomic E-state index is 12.4. The highest BCUT2D eigenvalue weighted by Crippen LogP contribution is 2.56. The lowest BCUT2D eigenvalue weighted by molar-refractivity contribution is -0.138. The van der Waals surface area contributed by atoms with Crippen LogP contribution in [-0.2, 0) is 4.79 Å². The van der Waals surface area contributed by atoms with Crippen molar-refractivity contribution in [2.75, 3.05) is 0 Å². The molecule has 4 aliphatic rings. The van der Waals surface area contributed by atoms with Crippen LogP contribution in [0.5, 0.6) is 0 Å². The molecule has 0 aromatic heterocycles. The van der Waals surface area contributed by atoms with Crippen molar-refractivity contribution in [1.82, 2.24) is 5.32 Å². The average Bonchev–Trinajstić information content (AvgIpc) is 2.34. The molecule has 0 aliphatic heterocycles. The minimum Gasteiger partial charge on any atom is -0.340 e. The summed E-state index contributed by atoms with van der Waals surface area (Å²) in [5.41, 5.74) is 0. The van der Waals surface area contributed by atoms with Crippen LogP contribution < -0.4 is 5.32 Å². The second-order valence-electron chi connectivity index (χ2n) is 6.56. The summed E-state index contributed by atoms with van der Waals surface area (Å²) in [5, 5.41) is 11.9. The lowest BCUT2D eigenvalue weighted by Crippen LogP contribution is -2.52. The summed E-state index contributed by atoms with van der Waals surface area (Å²) >= 11 is 0. The Labute approximate surface area is 109 Å². The van der Waals surface area contributed by atoms with Crippen molar-refractivity contribution in [1.29, 1.82) is 5.26 Å². The first kappa shape index (κ1) is 12.0. The lowest BCUT2D eigenvalue weighted by atomic mass is 9.51. The monoisotopic (exact) mass is 246 g/mol. The molecule has 0 radical (unpaired) electrons. The van der Waals surface area contributed by atoms with E-state index in [0.29, 0.717) is 18.3 Å². The minimum absolute atomic E-state index is 0.164. The molecule has 0 aromatic rings. The van der Waals surface area contributed by atoms with Gasteiger partial charge >= 0.3 is 0 Å². The van der Waals surface area contributed by atoms with E-state index >= 15 is 0 Å². The molecular weight excluding hydrogens is 224 g/mol. The second-order valence-corrected chi connectivity index (χ2v) is 6.56. The zero-order chi connectivity index (χ0) is 12.7. The van der Waals surface area contributed by atoms with E-state index in [9.17, 15) is 4.79 Å². The van der Waals surface area contributed by atoms with E-state index in [2.05, 4.69) is 11.4 Å². The van der Waals surface area contributed by atoms with E-state index in [1.54, 1.807) is 0 Å². The smallest absolute Gasteiger partial charge is 0.224 e. The van der Waals surface area contributed by atoms with Crippen LogP contribution in [0.4, 0.5) is 0 Å². The van der Waals surface area contributed by atoms with Crippen LogP contribution in [0.15, 0.2) is 0 Å². The van der Waals surface area contributed by atoms with E-state index < -0.39 is 0 Å². The van der Waals surface area contributed by atoms with Gasteiger partial charge in [-0.3, -0.25) is 4.79 Å². The summed E-state index contributed by atoms with van der Waals surface area (Å²) < 4.78 is 0. The summed E-state index contributed by atoms with van der Waals surface area (Å²) in [5.74, 6) is 3.39. The summed E-state index contributed by atoms with van der Waals surface area (Å²) in [6.45, 7) is 1.95. The Hall–Kier alpha value is -1.04. The fourth-order valence-electron chi connectivity index (χ4n) is 4.85. The largest absolute Gasteiger partial charge is 0.340 e. The van der Waals surface area contributed by atoms with Gasteiger partial charge in [0.15, 0.2) is 0 Å². The van der Waals surface area contributed by atoms with Gasteiger partial charge in [0.1, 0.15) is 6.04 Å². The first-order valence-electron chi connectivity index (χ1n) is 7.41. The van der Waals surface area contributed by atoms with Crippen molar-refractivity contribution in [2.45, 2.75) is 51.5 Å². The molecule has 0 spiro atoms. The number of hydrogen-bond acceptors (Lipinski definition) is 2. The number of nitrogens with one attached hydrogen (secondary N) is 1. The van der Waals surface area contributed by atoms with Gasteiger partial charge in [-0.2, -0.15) is 5.26 Å². The molecule has 1 amide bonds. The van der Waals surface area contributed by atoms with Crippen molar-refractivity contribution in [3.63, 3.8) is 0 Å². The van der Waals surface area contributed by atoms with Crippen LogP contribution in [0, 0.1) is 40.9 Å². The number of rotatable bonds is 3. The minimum atomic E-state index is -0.297. The first-order valence-corrected chi connectivity index (χ1v) is 7.41. The Morgan fingerprint density at radius 3 is 2.22 bits per heavy atom. The summed E-state index contributed by atoms with van der Waals surface area (Å²) in [4.78, 5) is 12.4. The molecule has 4 bridgehead atoms. The lowest BCUT2D eigenvalue weighted by Gasteiger charge is -2.53. The van der Waals surface area contributed by atoms with Gasteiger partial charge in [-0.25, -0.2) is 0 Å². The Bertz CT molecular complexity index is 356. The van der Waals surface area contributed by atoms with Crippen molar-refractivity contribution in [3.05, 3.63) is 0 Å². The van der Waals surface area contributed by atoms with E-state index in [1.165, 1.54) is 32.1 Å². The van der Waals surface area contributed by atoms with Gasteiger partial charge in [-0.15, -0.1) is 0 Å². The molecule has 1 N–H and O–H groups in total. The van der Waals surface area contributed by atoms with Crippen LogP contribution in [0.1, 0.15) is 45.4 Å². The average molecular weight is 246 g/mol. The number of nitriles is 1. The van der Waals surface area contributed by atoms with Crippen molar-refractivity contribution < 1.29 is 4.79 Å². The number of carbonyl (C=O) groups excluding carboxylic acids is 1. The molecule has 1 unspecified atom stereocenters. The van der Waals surface area contributed by atoms with E-state index in [1.807, 2.05) is 6.92 Å². The topological polar surface area (TPSA) is 52.9 Å².